The van der Waals surface area contributed by atoms with Crippen molar-refractivity contribution in [1.82, 2.24) is 0 Å². The fourth-order valence-electron chi connectivity index (χ4n) is 3.36. The van der Waals surface area contributed by atoms with Gasteiger partial charge in [-0.3, -0.25) is 4.79 Å². The molecule has 0 fully saturated rings. The summed E-state index contributed by atoms with van der Waals surface area (Å²) in [6.07, 6.45) is 1.46. The maximum atomic E-state index is 12.8. The van der Waals surface area contributed by atoms with Gasteiger partial charge in [-0.05, 0) is 85.9 Å². The third-order valence-corrected chi connectivity index (χ3v) is 5.93. The van der Waals surface area contributed by atoms with Crippen molar-refractivity contribution in [3.63, 3.8) is 0 Å². The molecule has 0 aromatic heterocycles. The van der Waals surface area contributed by atoms with Crippen LogP contribution in [0.2, 0.25) is 10.0 Å². The van der Waals surface area contributed by atoms with Gasteiger partial charge in [0.2, 0.25) is 0 Å². The summed E-state index contributed by atoms with van der Waals surface area (Å²) in [7, 11) is 0. The number of carbonyl (C=O) groups is 1. The van der Waals surface area contributed by atoms with Gasteiger partial charge in [0.05, 0.1) is 11.6 Å². The molecule has 0 saturated carbocycles. The fraction of sp³-hybridized carbons (Fsp3) is 0.214. The fourth-order valence-corrected chi connectivity index (χ4v) is 3.80. The highest BCUT2D eigenvalue weighted by molar-refractivity contribution is 6.32. The summed E-state index contributed by atoms with van der Waals surface area (Å²) in [6, 6.07) is 16.6. The Morgan fingerprint density at radius 1 is 1.00 bits per heavy atom. The number of nitrogens with zero attached hydrogens (tertiary/aromatic N) is 1. The zero-order valence-corrected chi connectivity index (χ0v) is 21.6. The highest BCUT2D eigenvalue weighted by atomic mass is 35.5. The van der Waals surface area contributed by atoms with Crippen molar-refractivity contribution in [2.75, 3.05) is 11.9 Å². The Kier molecular flexibility index (Phi) is 8.81. The minimum atomic E-state index is -0.554. The predicted octanol–water partition coefficient (Wildman–Crippen LogP) is 7.44. The number of hydrogen-bond acceptors (Lipinski definition) is 4. The van der Waals surface area contributed by atoms with E-state index in [4.69, 9.17) is 32.7 Å². The summed E-state index contributed by atoms with van der Waals surface area (Å²) in [6.45, 7) is 8.51. The van der Waals surface area contributed by atoms with Crippen molar-refractivity contribution in [2.45, 2.75) is 34.3 Å². The first-order valence-corrected chi connectivity index (χ1v) is 11.8. The number of rotatable bonds is 8. The van der Waals surface area contributed by atoms with E-state index in [1.165, 1.54) is 17.2 Å². The van der Waals surface area contributed by atoms with E-state index in [-0.39, 0.29) is 5.57 Å². The molecule has 0 aliphatic heterocycles. The molecule has 1 N–H and O–H groups in total. The number of nitriles is 1. The van der Waals surface area contributed by atoms with Gasteiger partial charge in [0, 0.05) is 10.7 Å². The van der Waals surface area contributed by atoms with E-state index in [0.29, 0.717) is 46.0 Å². The number of hydrogen-bond donors (Lipinski definition) is 1. The lowest BCUT2D eigenvalue weighted by molar-refractivity contribution is -0.112. The molecule has 0 heterocycles. The molecule has 0 aliphatic rings. The summed E-state index contributed by atoms with van der Waals surface area (Å²) < 4.78 is 11.8. The molecule has 3 aromatic rings. The number of nitrogens with one attached hydrogen (secondary N) is 1. The van der Waals surface area contributed by atoms with Gasteiger partial charge in [0.25, 0.3) is 5.91 Å². The van der Waals surface area contributed by atoms with Gasteiger partial charge in [-0.25, -0.2) is 0 Å². The largest absolute Gasteiger partial charge is 0.490 e. The van der Waals surface area contributed by atoms with Crippen LogP contribution in [0.1, 0.15) is 34.7 Å². The van der Waals surface area contributed by atoms with Crippen LogP contribution >= 0.6 is 23.2 Å². The molecule has 7 heteroatoms. The molecule has 0 saturated heterocycles. The Balaban J connectivity index is 1.86. The average Bonchev–Trinajstić information content (AvgIpc) is 2.81. The Morgan fingerprint density at radius 2 is 1.74 bits per heavy atom. The Labute approximate surface area is 215 Å². The van der Waals surface area contributed by atoms with Gasteiger partial charge in [-0.1, -0.05) is 47.5 Å². The average molecular weight is 509 g/mol. The molecule has 3 rings (SSSR count). The molecular weight excluding hydrogens is 483 g/mol. The molecule has 1 amide bonds. The van der Waals surface area contributed by atoms with E-state index in [1.807, 2.05) is 32.0 Å². The van der Waals surface area contributed by atoms with E-state index >= 15 is 0 Å². The van der Waals surface area contributed by atoms with Gasteiger partial charge < -0.3 is 14.8 Å². The Hall–Kier alpha value is -3.46. The van der Waals surface area contributed by atoms with Crippen molar-refractivity contribution in [1.29, 1.82) is 5.26 Å². The van der Waals surface area contributed by atoms with Crippen LogP contribution in [-0.4, -0.2) is 12.5 Å². The Bertz CT molecular complexity index is 1330. The summed E-state index contributed by atoms with van der Waals surface area (Å²) in [5.41, 5.74) is 5.20. The van der Waals surface area contributed by atoms with Gasteiger partial charge in [0.1, 0.15) is 18.2 Å². The second-order valence-electron chi connectivity index (χ2n) is 8.05. The normalized spacial score (nSPS) is 11.1. The topological polar surface area (TPSA) is 71.3 Å². The first-order chi connectivity index (χ1) is 16.7. The maximum Gasteiger partial charge on any atom is 0.266 e. The third-order valence-electron chi connectivity index (χ3n) is 5.41. The summed E-state index contributed by atoms with van der Waals surface area (Å²) in [4.78, 5) is 12.8. The Morgan fingerprint density at radius 3 is 2.43 bits per heavy atom. The van der Waals surface area contributed by atoms with Crippen molar-refractivity contribution >= 4 is 40.9 Å². The van der Waals surface area contributed by atoms with Gasteiger partial charge >= 0.3 is 0 Å². The number of carbonyl (C=O) groups excluding carboxylic acids is 1. The molecular formula is C28H26Cl2N2O3. The van der Waals surface area contributed by atoms with Crippen LogP contribution in [0.5, 0.6) is 11.5 Å². The number of amides is 1. The zero-order valence-electron chi connectivity index (χ0n) is 20.0. The number of aryl methyl sites for hydroxylation is 3. The molecule has 0 aliphatic carbocycles. The summed E-state index contributed by atoms with van der Waals surface area (Å²) in [5, 5.41) is 13.1. The molecule has 0 radical (unpaired) electrons. The molecule has 0 atom stereocenters. The van der Waals surface area contributed by atoms with Crippen LogP contribution in [0.3, 0.4) is 0 Å². The lowest BCUT2D eigenvalue weighted by Gasteiger charge is -2.15. The second kappa shape index (κ2) is 11.8. The van der Waals surface area contributed by atoms with Crippen LogP contribution in [0, 0.1) is 32.1 Å². The van der Waals surface area contributed by atoms with E-state index in [9.17, 15) is 10.1 Å². The van der Waals surface area contributed by atoms with Crippen LogP contribution in [0.15, 0.2) is 54.1 Å². The molecule has 180 valence electrons. The SMILES string of the molecule is CCOc1cc(/C=C(\C#N)C(=O)Nc2cc(Cl)ccc2C)cc(Cl)c1OCc1ccc(C)c(C)c1. The highest BCUT2D eigenvalue weighted by Crippen LogP contribution is 2.38. The second-order valence-corrected chi connectivity index (χ2v) is 8.90. The first kappa shape index (κ1) is 26.2. The lowest BCUT2D eigenvalue weighted by Crippen LogP contribution is -2.14. The van der Waals surface area contributed by atoms with E-state index in [2.05, 4.69) is 25.2 Å². The first-order valence-electron chi connectivity index (χ1n) is 11.1. The minimum Gasteiger partial charge on any atom is -0.490 e. The molecule has 0 spiro atoms. The summed E-state index contributed by atoms with van der Waals surface area (Å²) >= 11 is 12.6. The van der Waals surface area contributed by atoms with E-state index < -0.39 is 5.91 Å². The smallest absolute Gasteiger partial charge is 0.266 e. The van der Waals surface area contributed by atoms with Crippen LogP contribution in [0.25, 0.3) is 6.08 Å². The minimum absolute atomic E-state index is 0.0910. The van der Waals surface area contributed by atoms with Crippen LogP contribution in [-0.2, 0) is 11.4 Å². The highest BCUT2D eigenvalue weighted by Gasteiger charge is 2.16. The van der Waals surface area contributed by atoms with Gasteiger partial charge in [-0.2, -0.15) is 5.26 Å². The number of halogens is 2. The van der Waals surface area contributed by atoms with Gasteiger partial charge in [-0.15, -0.1) is 0 Å². The van der Waals surface area contributed by atoms with Crippen molar-refractivity contribution in [3.05, 3.63) is 92.0 Å². The van der Waals surface area contributed by atoms with Crippen molar-refractivity contribution < 1.29 is 14.3 Å². The predicted molar refractivity (Wildman–Crippen MR) is 141 cm³/mol. The number of ether oxygens (including phenoxy) is 2. The van der Waals surface area contributed by atoms with Crippen LogP contribution < -0.4 is 14.8 Å². The summed E-state index contributed by atoms with van der Waals surface area (Å²) in [5.74, 6) is 0.280. The maximum absolute atomic E-state index is 12.8. The van der Waals surface area contributed by atoms with Gasteiger partial charge in [0.15, 0.2) is 11.5 Å². The monoisotopic (exact) mass is 508 g/mol. The zero-order chi connectivity index (χ0) is 25.5. The molecule has 5 nitrogen and oxygen atoms in total. The van der Waals surface area contributed by atoms with Crippen molar-refractivity contribution in [3.8, 4) is 17.6 Å². The lowest BCUT2D eigenvalue weighted by atomic mass is 10.1. The van der Waals surface area contributed by atoms with Crippen LogP contribution in [0.4, 0.5) is 5.69 Å². The molecule has 3 aromatic carbocycles. The molecule has 0 bridgehead atoms. The number of benzene rings is 3. The molecule has 35 heavy (non-hydrogen) atoms. The quantitative estimate of drug-likeness (QED) is 0.253. The van der Waals surface area contributed by atoms with E-state index in [0.717, 1.165) is 11.1 Å². The molecule has 0 unspecified atom stereocenters. The standard InChI is InChI=1S/C28H26Cl2N2O3/c1-5-34-26-13-21(11-22(15-31)28(33)32-25-14-23(29)9-7-18(25)3)12-24(30)27(26)35-16-20-8-6-17(2)19(4)10-20/h6-14H,5,16H2,1-4H3,(H,32,33)/b22-11+. The number of anilines is 1. The third kappa shape index (κ3) is 6.79. The van der Waals surface area contributed by atoms with E-state index in [1.54, 1.807) is 30.3 Å². The van der Waals surface area contributed by atoms with Crippen molar-refractivity contribution in [2.24, 2.45) is 0 Å².